The summed E-state index contributed by atoms with van der Waals surface area (Å²) in [4.78, 5) is 0. The number of nitrogens with two attached hydrogens (primary N) is 1. The molecule has 13 heavy (non-hydrogen) atoms. The van der Waals surface area contributed by atoms with Gasteiger partial charge >= 0.3 is 0 Å². The molecule has 3 N–H and O–H groups in total. The molecule has 0 aliphatic carbocycles. The first-order valence-corrected chi connectivity index (χ1v) is 4.37. The Bertz CT molecular complexity index is 103. The van der Waals surface area contributed by atoms with E-state index >= 15 is 0 Å². The number of hydrogen-bond acceptors (Lipinski definition) is 5. The van der Waals surface area contributed by atoms with Crippen molar-refractivity contribution in [1.29, 1.82) is 0 Å². The highest BCUT2D eigenvalue weighted by Gasteiger charge is 2.04. The van der Waals surface area contributed by atoms with E-state index in [1.807, 2.05) is 0 Å². The molecule has 0 fully saturated rings. The van der Waals surface area contributed by atoms with Gasteiger partial charge in [-0.2, -0.15) is 0 Å². The molecule has 0 bridgehead atoms. The van der Waals surface area contributed by atoms with Crippen molar-refractivity contribution in [3.8, 4) is 0 Å². The van der Waals surface area contributed by atoms with Crippen molar-refractivity contribution < 1.29 is 14.2 Å². The molecule has 0 radical (unpaired) electrons. The molecule has 5 nitrogen and oxygen atoms in total. The summed E-state index contributed by atoms with van der Waals surface area (Å²) in [6.07, 6.45) is 0.841. The zero-order valence-corrected chi connectivity index (χ0v) is 8.41. The second-order valence-corrected chi connectivity index (χ2v) is 2.71. The molecule has 0 aliphatic heterocycles. The zero-order chi connectivity index (χ0) is 9.94. The molecule has 80 valence electrons. The van der Waals surface area contributed by atoms with E-state index in [0.717, 1.165) is 6.42 Å². The van der Waals surface area contributed by atoms with Gasteiger partial charge in [-0.05, 0) is 6.42 Å². The second-order valence-electron chi connectivity index (χ2n) is 2.71. The molecule has 5 heteroatoms. The van der Waals surface area contributed by atoms with Crippen LogP contribution in [0.4, 0.5) is 0 Å². The van der Waals surface area contributed by atoms with E-state index < -0.39 is 0 Å². The maximum Gasteiger partial charge on any atom is 0.0700 e. The third-order valence-corrected chi connectivity index (χ3v) is 1.65. The predicted octanol–water partition coefficient (Wildman–Crippen LogP) is -0.482. The first kappa shape index (κ1) is 12.8. The van der Waals surface area contributed by atoms with Crippen LogP contribution in [-0.2, 0) is 14.2 Å². The van der Waals surface area contributed by atoms with Crippen molar-refractivity contribution in [1.82, 2.24) is 5.43 Å². The summed E-state index contributed by atoms with van der Waals surface area (Å²) in [6, 6.07) is 0.160. The van der Waals surface area contributed by atoms with Crippen LogP contribution >= 0.6 is 0 Å². The van der Waals surface area contributed by atoms with Gasteiger partial charge in [-0.3, -0.25) is 11.3 Å². The molecule has 0 aliphatic rings. The molecule has 1 unspecified atom stereocenters. The number of ether oxygens (including phenoxy) is 3. The van der Waals surface area contributed by atoms with Crippen LogP contribution in [0.3, 0.4) is 0 Å². The fraction of sp³-hybridized carbons (Fsp3) is 1.00. The van der Waals surface area contributed by atoms with Crippen LogP contribution < -0.4 is 11.3 Å². The summed E-state index contributed by atoms with van der Waals surface area (Å²) in [6.45, 7) is 2.53. The van der Waals surface area contributed by atoms with E-state index in [1.165, 1.54) is 0 Å². The third kappa shape index (κ3) is 8.14. The van der Waals surface area contributed by atoms with Crippen LogP contribution in [0, 0.1) is 0 Å². The molecule has 0 amide bonds. The minimum absolute atomic E-state index is 0.160. The Kier molecular flexibility index (Phi) is 9.73. The van der Waals surface area contributed by atoms with Gasteiger partial charge in [-0.25, -0.2) is 0 Å². The van der Waals surface area contributed by atoms with Crippen LogP contribution in [-0.4, -0.2) is 46.7 Å². The summed E-state index contributed by atoms with van der Waals surface area (Å²) >= 11 is 0. The topological polar surface area (TPSA) is 65.7 Å². The monoisotopic (exact) mass is 192 g/mol. The van der Waals surface area contributed by atoms with E-state index in [4.69, 9.17) is 20.1 Å². The minimum atomic E-state index is 0.160. The summed E-state index contributed by atoms with van der Waals surface area (Å²) in [5.74, 6) is 5.29. The molecule has 0 heterocycles. The largest absolute Gasteiger partial charge is 0.383 e. The second kappa shape index (κ2) is 9.88. The fourth-order valence-electron chi connectivity index (χ4n) is 0.886. The number of nitrogens with one attached hydrogen (secondary N) is 1. The lowest BCUT2D eigenvalue weighted by Gasteiger charge is -2.14. The number of rotatable bonds is 9. The van der Waals surface area contributed by atoms with Gasteiger partial charge < -0.3 is 14.2 Å². The van der Waals surface area contributed by atoms with Crippen molar-refractivity contribution in [3.63, 3.8) is 0 Å². The Labute approximate surface area is 79.5 Å². The first-order chi connectivity index (χ1) is 6.35. The summed E-state index contributed by atoms with van der Waals surface area (Å²) < 4.78 is 15.1. The molecule has 0 aromatic rings. The highest BCUT2D eigenvalue weighted by Crippen LogP contribution is 1.92. The molecular weight excluding hydrogens is 172 g/mol. The SMILES string of the molecule is COCCOCCC(COC)NN. The van der Waals surface area contributed by atoms with Gasteiger partial charge in [0.15, 0.2) is 0 Å². The zero-order valence-electron chi connectivity index (χ0n) is 8.41. The smallest absolute Gasteiger partial charge is 0.0700 e. The molecular formula is C8H20N2O3. The quantitative estimate of drug-likeness (QED) is 0.293. The Hall–Kier alpha value is -0.200. The maximum atomic E-state index is 5.29. The lowest BCUT2D eigenvalue weighted by Crippen LogP contribution is -2.39. The highest BCUT2D eigenvalue weighted by molar-refractivity contribution is 4.60. The van der Waals surface area contributed by atoms with Gasteiger partial charge in [0.1, 0.15) is 0 Å². The van der Waals surface area contributed by atoms with Crippen LogP contribution in [0.2, 0.25) is 0 Å². The van der Waals surface area contributed by atoms with E-state index in [-0.39, 0.29) is 6.04 Å². The average molecular weight is 192 g/mol. The Morgan fingerprint density at radius 2 is 1.92 bits per heavy atom. The molecule has 0 rings (SSSR count). The number of hydrazine groups is 1. The fourth-order valence-corrected chi connectivity index (χ4v) is 0.886. The molecule has 0 spiro atoms. The number of methoxy groups -OCH3 is 2. The molecule has 0 saturated carbocycles. The van der Waals surface area contributed by atoms with E-state index in [9.17, 15) is 0 Å². The van der Waals surface area contributed by atoms with Crippen molar-refractivity contribution in [2.75, 3.05) is 40.6 Å². The van der Waals surface area contributed by atoms with Crippen LogP contribution in [0.5, 0.6) is 0 Å². The first-order valence-electron chi connectivity index (χ1n) is 4.37. The number of hydrogen-bond donors (Lipinski definition) is 2. The van der Waals surface area contributed by atoms with Crippen LogP contribution in [0.1, 0.15) is 6.42 Å². The van der Waals surface area contributed by atoms with Crippen LogP contribution in [0.25, 0.3) is 0 Å². The van der Waals surface area contributed by atoms with Gasteiger partial charge in [-0.15, -0.1) is 0 Å². The average Bonchev–Trinajstić information content (AvgIpc) is 2.16. The molecule has 0 aromatic carbocycles. The summed E-state index contributed by atoms with van der Waals surface area (Å²) in [5.41, 5.74) is 2.66. The summed E-state index contributed by atoms with van der Waals surface area (Å²) in [7, 11) is 3.30. The Balaban J connectivity index is 3.17. The van der Waals surface area contributed by atoms with Crippen molar-refractivity contribution in [2.45, 2.75) is 12.5 Å². The minimum Gasteiger partial charge on any atom is -0.383 e. The van der Waals surface area contributed by atoms with E-state index in [0.29, 0.717) is 26.4 Å². The lowest BCUT2D eigenvalue weighted by atomic mass is 10.2. The Morgan fingerprint density at radius 1 is 1.15 bits per heavy atom. The molecule has 0 aromatic heterocycles. The maximum absolute atomic E-state index is 5.29. The third-order valence-electron chi connectivity index (χ3n) is 1.65. The van der Waals surface area contributed by atoms with E-state index in [2.05, 4.69) is 5.43 Å². The van der Waals surface area contributed by atoms with Crippen molar-refractivity contribution in [3.05, 3.63) is 0 Å². The standard InChI is InChI=1S/C8H20N2O3/c1-11-5-6-13-4-3-8(10-9)7-12-2/h8,10H,3-7,9H2,1-2H3. The predicted molar refractivity (Wildman–Crippen MR) is 50.3 cm³/mol. The van der Waals surface area contributed by atoms with Gasteiger partial charge in [-0.1, -0.05) is 0 Å². The van der Waals surface area contributed by atoms with Gasteiger partial charge in [0.05, 0.1) is 19.8 Å². The molecule has 0 saturated heterocycles. The van der Waals surface area contributed by atoms with Crippen molar-refractivity contribution in [2.24, 2.45) is 5.84 Å². The normalized spacial score (nSPS) is 13.2. The van der Waals surface area contributed by atoms with E-state index in [1.54, 1.807) is 14.2 Å². The summed E-state index contributed by atoms with van der Waals surface area (Å²) in [5, 5.41) is 0. The van der Waals surface area contributed by atoms with Gasteiger partial charge in [0.25, 0.3) is 0 Å². The Morgan fingerprint density at radius 3 is 2.46 bits per heavy atom. The highest BCUT2D eigenvalue weighted by atomic mass is 16.5. The molecule has 1 atom stereocenters. The lowest BCUT2D eigenvalue weighted by molar-refractivity contribution is 0.0597. The van der Waals surface area contributed by atoms with Gasteiger partial charge in [0.2, 0.25) is 0 Å². The van der Waals surface area contributed by atoms with Gasteiger partial charge in [0, 0.05) is 26.9 Å². The van der Waals surface area contributed by atoms with Crippen LogP contribution in [0.15, 0.2) is 0 Å². The van der Waals surface area contributed by atoms with Crippen molar-refractivity contribution >= 4 is 0 Å².